The van der Waals surface area contributed by atoms with Crippen LogP contribution in [0.3, 0.4) is 0 Å². The molecule has 0 aromatic rings. The van der Waals surface area contributed by atoms with Gasteiger partial charge in [-0.1, -0.05) is 18.6 Å². The van der Waals surface area contributed by atoms with Crippen LogP contribution in [-0.2, 0) is 0 Å². The van der Waals surface area contributed by atoms with Gasteiger partial charge in [0.05, 0.1) is 0 Å². The Morgan fingerprint density at radius 1 is 1.33 bits per heavy atom. The Morgan fingerprint density at radius 3 is 2.92 bits per heavy atom. The van der Waals surface area contributed by atoms with Crippen molar-refractivity contribution in [3.05, 3.63) is 11.6 Å². The van der Waals surface area contributed by atoms with Gasteiger partial charge in [-0.2, -0.15) is 0 Å². The summed E-state index contributed by atoms with van der Waals surface area (Å²) in [5.41, 5.74) is 1.77. The van der Waals surface area contributed by atoms with E-state index in [1.807, 2.05) is 0 Å². The lowest BCUT2D eigenvalue weighted by Crippen LogP contribution is -2.16. The Kier molecular flexibility index (Phi) is 1.42. The number of hydrogen-bond acceptors (Lipinski definition) is 0. The molecule has 0 aliphatic heterocycles. The highest BCUT2D eigenvalue weighted by atomic mass is 14.5. The van der Waals surface area contributed by atoms with Crippen LogP contribution in [0.2, 0.25) is 0 Å². The molecule has 2 bridgehead atoms. The Morgan fingerprint density at radius 2 is 2.17 bits per heavy atom. The fourth-order valence-corrected chi connectivity index (χ4v) is 3.92. The Balaban J connectivity index is 1.86. The van der Waals surface area contributed by atoms with Crippen LogP contribution >= 0.6 is 0 Å². The molecule has 4 atom stereocenters. The van der Waals surface area contributed by atoms with Crippen LogP contribution in [0.15, 0.2) is 11.6 Å². The standard InChI is InChI=1S/C12H18/c1-2-8-5-11-9-3-4-10(7-9)12(11)6-8/h5,9-12H,2-4,6-7H2,1H3. The summed E-state index contributed by atoms with van der Waals surface area (Å²) in [6, 6.07) is 0. The molecule has 3 rings (SSSR count). The molecule has 0 amide bonds. The van der Waals surface area contributed by atoms with Gasteiger partial charge in [-0.15, -0.1) is 0 Å². The maximum atomic E-state index is 2.63. The molecule has 0 heteroatoms. The van der Waals surface area contributed by atoms with Crippen LogP contribution in [0.25, 0.3) is 0 Å². The van der Waals surface area contributed by atoms with Gasteiger partial charge in [-0.3, -0.25) is 0 Å². The number of hydrogen-bond donors (Lipinski definition) is 0. The highest BCUT2D eigenvalue weighted by Gasteiger charge is 2.48. The first-order valence-electron chi connectivity index (χ1n) is 5.58. The fraction of sp³-hybridized carbons (Fsp3) is 0.833. The van der Waals surface area contributed by atoms with E-state index < -0.39 is 0 Å². The average Bonchev–Trinajstić information content (AvgIpc) is 2.75. The molecule has 0 nitrogen and oxygen atoms in total. The normalized spacial score (nSPS) is 49.6. The zero-order valence-corrected chi connectivity index (χ0v) is 7.92. The van der Waals surface area contributed by atoms with E-state index in [1.54, 1.807) is 24.8 Å². The first-order chi connectivity index (χ1) is 5.88. The topological polar surface area (TPSA) is 0 Å². The van der Waals surface area contributed by atoms with Crippen LogP contribution in [-0.4, -0.2) is 0 Å². The molecule has 12 heavy (non-hydrogen) atoms. The minimum absolute atomic E-state index is 1.03. The predicted octanol–water partition coefficient (Wildman–Crippen LogP) is 3.39. The summed E-state index contributed by atoms with van der Waals surface area (Å²) in [7, 11) is 0. The lowest BCUT2D eigenvalue weighted by molar-refractivity contribution is 0.283. The van der Waals surface area contributed by atoms with E-state index in [0.717, 1.165) is 23.7 Å². The van der Waals surface area contributed by atoms with E-state index in [1.165, 1.54) is 12.8 Å². The van der Waals surface area contributed by atoms with Crippen molar-refractivity contribution in [2.75, 3.05) is 0 Å². The largest absolute Gasteiger partial charge is 0.0816 e. The molecule has 0 radical (unpaired) electrons. The van der Waals surface area contributed by atoms with E-state index in [0.29, 0.717) is 0 Å². The van der Waals surface area contributed by atoms with E-state index in [-0.39, 0.29) is 0 Å². The zero-order valence-electron chi connectivity index (χ0n) is 7.92. The summed E-state index contributed by atoms with van der Waals surface area (Å²) in [6.07, 6.45) is 10.1. The third-order valence-corrected chi connectivity index (χ3v) is 4.54. The zero-order chi connectivity index (χ0) is 8.13. The maximum absolute atomic E-state index is 2.63. The van der Waals surface area contributed by atoms with E-state index in [9.17, 15) is 0 Å². The summed E-state index contributed by atoms with van der Waals surface area (Å²) in [4.78, 5) is 0. The third-order valence-electron chi connectivity index (χ3n) is 4.54. The molecular weight excluding hydrogens is 144 g/mol. The average molecular weight is 162 g/mol. The summed E-state index contributed by atoms with van der Waals surface area (Å²) in [5, 5.41) is 0. The van der Waals surface area contributed by atoms with Crippen LogP contribution in [0.5, 0.6) is 0 Å². The van der Waals surface area contributed by atoms with Gasteiger partial charge in [-0.05, 0) is 55.8 Å². The Bertz CT molecular complexity index is 226. The molecular formula is C12H18. The van der Waals surface area contributed by atoms with Crippen molar-refractivity contribution in [1.82, 2.24) is 0 Å². The quantitative estimate of drug-likeness (QED) is 0.518. The predicted molar refractivity (Wildman–Crippen MR) is 50.8 cm³/mol. The van der Waals surface area contributed by atoms with Crippen LogP contribution in [0.1, 0.15) is 39.0 Å². The minimum atomic E-state index is 1.03. The molecule has 3 aliphatic carbocycles. The Labute approximate surface area is 75.0 Å². The molecule has 2 saturated carbocycles. The maximum Gasteiger partial charge on any atom is -0.0168 e. The summed E-state index contributed by atoms with van der Waals surface area (Å²) in [6.45, 7) is 2.31. The molecule has 66 valence electrons. The van der Waals surface area contributed by atoms with Crippen molar-refractivity contribution >= 4 is 0 Å². The minimum Gasteiger partial charge on any atom is -0.0816 e. The van der Waals surface area contributed by atoms with Gasteiger partial charge in [0.1, 0.15) is 0 Å². The fourth-order valence-electron chi connectivity index (χ4n) is 3.92. The second kappa shape index (κ2) is 2.37. The molecule has 2 fully saturated rings. The second-order valence-corrected chi connectivity index (χ2v) is 4.96. The lowest BCUT2D eigenvalue weighted by Gasteiger charge is -2.23. The van der Waals surface area contributed by atoms with Gasteiger partial charge in [-0.25, -0.2) is 0 Å². The molecule has 0 spiro atoms. The van der Waals surface area contributed by atoms with Gasteiger partial charge >= 0.3 is 0 Å². The highest BCUT2D eigenvalue weighted by molar-refractivity contribution is 5.19. The number of rotatable bonds is 1. The first-order valence-corrected chi connectivity index (χ1v) is 5.58. The molecule has 0 N–H and O–H groups in total. The van der Waals surface area contributed by atoms with Crippen molar-refractivity contribution in [1.29, 1.82) is 0 Å². The highest BCUT2D eigenvalue weighted by Crippen LogP contribution is 2.57. The van der Waals surface area contributed by atoms with Crippen molar-refractivity contribution in [3.8, 4) is 0 Å². The third kappa shape index (κ3) is 0.787. The van der Waals surface area contributed by atoms with Crippen molar-refractivity contribution in [3.63, 3.8) is 0 Å². The second-order valence-electron chi connectivity index (χ2n) is 4.96. The van der Waals surface area contributed by atoms with Crippen molar-refractivity contribution < 1.29 is 0 Å². The SMILES string of the molecule is CCC1=CC2C3CCC(C3)C2C1. The van der Waals surface area contributed by atoms with E-state index >= 15 is 0 Å². The van der Waals surface area contributed by atoms with E-state index in [2.05, 4.69) is 13.0 Å². The molecule has 0 saturated heterocycles. The summed E-state index contributed by atoms with van der Waals surface area (Å²) >= 11 is 0. The lowest BCUT2D eigenvalue weighted by atomic mass is 9.81. The number of fused-ring (bicyclic) bond motifs is 5. The molecule has 3 aliphatic rings. The van der Waals surface area contributed by atoms with Gasteiger partial charge in [0.25, 0.3) is 0 Å². The first kappa shape index (κ1) is 7.17. The number of allylic oxidation sites excluding steroid dienone is 2. The monoisotopic (exact) mass is 162 g/mol. The smallest absolute Gasteiger partial charge is 0.0168 e. The van der Waals surface area contributed by atoms with Crippen LogP contribution in [0.4, 0.5) is 0 Å². The van der Waals surface area contributed by atoms with Crippen molar-refractivity contribution in [2.24, 2.45) is 23.7 Å². The van der Waals surface area contributed by atoms with Crippen molar-refractivity contribution in [2.45, 2.75) is 39.0 Å². The Hall–Kier alpha value is -0.260. The van der Waals surface area contributed by atoms with Gasteiger partial charge < -0.3 is 0 Å². The van der Waals surface area contributed by atoms with Gasteiger partial charge in [0.15, 0.2) is 0 Å². The summed E-state index contributed by atoms with van der Waals surface area (Å²) in [5.74, 6) is 4.35. The molecule has 0 heterocycles. The van der Waals surface area contributed by atoms with E-state index in [4.69, 9.17) is 0 Å². The molecule has 0 aromatic heterocycles. The van der Waals surface area contributed by atoms with Gasteiger partial charge in [0.2, 0.25) is 0 Å². The van der Waals surface area contributed by atoms with Crippen LogP contribution < -0.4 is 0 Å². The summed E-state index contributed by atoms with van der Waals surface area (Å²) < 4.78 is 0. The van der Waals surface area contributed by atoms with Gasteiger partial charge in [0, 0.05) is 0 Å². The molecule has 0 aromatic carbocycles. The molecule has 4 unspecified atom stereocenters. The van der Waals surface area contributed by atoms with Crippen LogP contribution in [0, 0.1) is 23.7 Å².